The quantitative estimate of drug-likeness (QED) is 0.714. The Kier molecular flexibility index (Phi) is 8.61. The zero-order valence-electron chi connectivity index (χ0n) is 8.98. The molecule has 74 valence electrons. The van der Waals surface area contributed by atoms with Gasteiger partial charge < -0.3 is 9.90 Å². The maximum absolute atomic E-state index is 10.0. The summed E-state index contributed by atoms with van der Waals surface area (Å²) in [5.41, 5.74) is -0.458. The number of carbonyl (C=O) groups is 1. The van der Waals surface area contributed by atoms with E-state index in [4.69, 9.17) is 5.11 Å². The highest BCUT2D eigenvalue weighted by Gasteiger charge is 2.05. The lowest BCUT2D eigenvalue weighted by atomic mass is 10.1. The standard InChI is InChI=1S/C5H12O.C5H10O/c1-4-5(2,3)6;1-3-4-5(2)6/h6H,4H2,1-3H3;3-4H2,1-2H3. The summed E-state index contributed by atoms with van der Waals surface area (Å²) in [4.78, 5) is 10.0. The summed E-state index contributed by atoms with van der Waals surface area (Å²) in [5, 5.41) is 8.83. The zero-order chi connectivity index (χ0) is 10.2. The van der Waals surface area contributed by atoms with Gasteiger partial charge in [0.15, 0.2) is 0 Å². The van der Waals surface area contributed by atoms with Crippen molar-refractivity contribution in [3.63, 3.8) is 0 Å². The summed E-state index contributed by atoms with van der Waals surface area (Å²) >= 11 is 0. The molecule has 0 aliphatic carbocycles. The number of hydrogen-bond acceptors (Lipinski definition) is 2. The largest absolute Gasteiger partial charge is 0.390 e. The summed E-state index contributed by atoms with van der Waals surface area (Å²) in [5.74, 6) is 0.289. The number of rotatable bonds is 3. The maximum Gasteiger partial charge on any atom is 0.129 e. The van der Waals surface area contributed by atoms with E-state index in [0.717, 1.165) is 19.3 Å². The summed E-state index contributed by atoms with van der Waals surface area (Å²) in [6.07, 6.45) is 2.54. The molecule has 0 fully saturated rings. The van der Waals surface area contributed by atoms with Crippen molar-refractivity contribution in [2.75, 3.05) is 0 Å². The Hall–Kier alpha value is -0.370. The molecule has 0 atom stereocenters. The molecule has 0 saturated carbocycles. The molecule has 0 rings (SSSR count). The zero-order valence-corrected chi connectivity index (χ0v) is 8.98. The lowest BCUT2D eigenvalue weighted by Crippen LogP contribution is -2.15. The summed E-state index contributed by atoms with van der Waals surface area (Å²) in [6, 6.07) is 0. The van der Waals surface area contributed by atoms with E-state index >= 15 is 0 Å². The van der Waals surface area contributed by atoms with Crippen LogP contribution in [0.15, 0.2) is 0 Å². The van der Waals surface area contributed by atoms with E-state index in [1.165, 1.54) is 0 Å². The molecule has 1 N–H and O–H groups in total. The Balaban J connectivity index is 0. The molecule has 0 aliphatic rings. The Morgan fingerprint density at radius 2 is 1.67 bits per heavy atom. The molecule has 0 radical (unpaired) electrons. The molecule has 2 heteroatoms. The highest BCUT2D eigenvalue weighted by Crippen LogP contribution is 2.03. The van der Waals surface area contributed by atoms with Crippen molar-refractivity contribution in [1.82, 2.24) is 0 Å². The van der Waals surface area contributed by atoms with Crippen molar-refractivity contribution in [3.05, 3.63) is 0 Å². The van der Waals surface area contributed by atoms with Gasteiger partial charge >= 0.3 is 0 Å². The second-order valence-corrected chi connectivity index (χ2v) is 3.62. The third kappa shape index (κ3) is 22.6. The van der Waals surface area contributed by atoms with Gasteiger partial charge in [0.05, 0.1) is 5.60 Å². The van der Waals surface area contributed by atoms with Gasteiger partial charge in [-0.15, -0.1) is 0 Å². The molecule has 0 heterocycles. The fraction of sp³-hybridized carbons (Fsp3) is 0.900. The van der Waals surface area contributed by atoms with Crippen LogP contribution in [0.1, 0.15) is 53.9 Å². The molecule has 0 aromatic rings. The van der Waals surface area contributed by atoms with Crippen molar-refractivity contribution < 1.29 is 9.90 Å². The van der Waals surface area contributed by atoms with Gasteiger partial charge in [0.1, 0.15) is 5.78 Å². The van der Waals surface area contributed by atoms with Gasteiger partial charge in [-0.2, -0.15) is 0 Å². The van der Waals surface area contributed by atoms with E-state index in [1.54, 1.807) is 20.8 Å². The molecule has 12 heavy (non-hydrogen) atoms. The topological polar surface area (TPSA) is 37.3 Å². The predicted molar refractivity (Wildman–Crippen MR) is 52.2 cm³/mol. The highest BCUT2D eigenvalue weighted by molar-refractivity contribution is 5.75. The van der Waals surface area contributed by atoms with Gasteiger partial charge in [-0.3, -0.25) is 0 Å². The van der Waals surface area contributed by atoms with Gasteiger partial charge in [-0.1, -0.05) is 13.8 Å². The first kappa shape index (κ1) is 14.2. The van der Waals surface area contributed by atoms with Gasteiger partial charge in [-0.25, -0.2) is 0 Å². The number of carbonyl (C=O) groups excluding carboxylic acids is 1. The minimum absolute atomic E-state index is 0.289. The number of aliphatic hydroxyl groups is 1. The maximum atomic E-state index is 10.0. The average Bonchev–Trinajstić information content (AvgIpc) is 1.87. The van der Waals surface area contributed by atoms with Crippen molar-refractivity contribution >= 4 is 5.78 Å². The first-order chi connectivity index (χ1) is 5.33. The Morgan fingerprint density at radius 1 is 1.33 bits per heavy atom. The van der Waals surface area contributed by atoms with E-state index in [9.17, 15) is 4.79 Å². The molecule has 0 aromatic carbocycles. The molecule has 0 saturated heterocycles. The lowest BCUT2D eigenvalue weighted by Gasteiger charge is -2.11. The number of Topliss-reactive ketones (excluding diaryl/α,β-unsaturated/α-hetero) is 1. The van der Waals surface area contributed by atoms with Gasteiger partial charge in [0, 0.05) is 6.42 Å². The third-order valence-corrected chi connectivity index (χ3v) is 1.47. The van der Waals surface area contributed by atoms with E-state index in [2.05, 4.69) is 0 Å². The predicted octanol–water partition coefficient (Wildman–Crippen LogP) is 2.54. The van der Waals surface area contributed by atoms with Crippen LogP contribution in [0.2, 0.25) is 0 Å². The van der Waals surface area contributed by atoms with Gasteiger partial charge in [0.2, 0.25) is 0 Å². The van der Waals surface area contributed by atoms with Crippen LogP contribution in [0.25, 0.3) is 0 Å². The minimum Gasteiger partial charge on any atom is -0.390 e. The van der Waals surface area contributed by atoms with Crippen LogP contribution in [-0.4, -0.2) is 16.5 Å². The van der Waals surface area contributed by atoms with Crippen molar-refractivity contribution in [2.24, 2.45) is 0 Å². The molecule has 0 aliphatic heterocycles. The van der Waals surface area contributed by atoms with Crippen LogP contribution >= 0.6 is 0 Å². The van der Waals surface area contributed by atoms with Crippen LogP contribution < -0.4 is 0 Å². The van der Waals surface area contributed by atoms with Crippen LogP contribution in [0.4, 0.5) is 0 Å². The lowest BCUT2D eigenvalue weighted by molar-refractivity contribution is -0.117. The van der Waals surface area contributed by atoms with E-state index in [-0.39, 0.29) is 5.78 Å². The van der Waals surface area contributed by atoms with Crippen molar-refractivity contribution in [1.29, 1.82) is 0 Å². The normalized spacial score (nSPS) is 10.2. The highest BCUT2D eigenvalue weighted by atomic mass is 16.3. The van der Waals surface area contributed by atoms with E-state index < -0.39 is 5.60 Å². The molecule has 0 bridgehead atoms. The third-order valence-electron chi connectivity index (χ3n) is 1.47. The Morgan fingerprint density at radius 3 is 1.67 bits per heavy atom. The fourth-order valence-electron chi connectivity index (χ4n) is 0.352. The minimum atomic E-state index is -0.458. The number of ketones is 1. The first-order valence-corrected chi connectivity index (χ1v) is 4.55. The Labute approximate surface area is 76.0 Å². The number of hydrogen-bond donors (Lipinski definition) is 1. The average molecular weight is 174 g/mol. The van der Waals surface area contributed by atoms with Crippen LogP contribution in [0.5, 0.6) is 0 Å². The Bertz CT molecular complexity index is 111. The first-order valence-electron chi connectivity index (χ1n) is 4.55. The monoisotopic (exact) mass is 174 g/mol. The molecule has 2 nitrogen and oxygen atoms in total. The molecule has 0 amide bonds. The van der Waals surface area contributed by atoms with Crippen molar-refractivity contribution in [3.8, 4) is 0 Å². The summed E-state index contributed by atoms with van der Waals surface area (Å²) in [7, 11) is 0. The van der Waals surface area contributed by atoms with Crippen LogP contribution in [0, 0.1) is 0 Å². The fourth-order valence-corrected chi connectivity index (χ4v) is 0.352. The van der Waals surface area contributed by atoms with E-state index in [0.29, 0.717) is 0 Å². The molecular weight excluding hydrogens is 152 g/mol. The smallest absolute Gasteiger partial charge is 0.129 e. The van der Waals surface area contributed by atoms with Gasteiger partial charge in [0.25, 0.3) is 0 Å². The molecule has 0 spiro atoms. The van der Waals surface area contributed by atoms with Crippen molar-refractivity contribution in [2.45, 2.75) is 59.5 Å². The second-order valence-electron chi connectivity index (χ2n) is 3.62. The van der Waals surface area contributed by atoms with Crippen LogP contribution in [0.3, 0.4) is 0 Å². The van der Waals surface area contributed by atoms with E-state index in [1.807, 2.05) is 13.8 Å². The SMILES string of the molecule is CCC(C)(C)O.CCCC(C)=O. The second kappa shape index (κ2) is 7.29. The molecular formula is C10H22O2. The van der Waals surface area contributed by atoms with Crippen LogP contribution in [-0.2, 0) is 4.79 Å². The summed E-state index contributed by atoms with van der Waals surface area (Å²) < 4.78 is 0. The van der Waals surface area contributed by atoms with Gasteiger partial charge in [-0.05, 0) is 33.6 Å². The molecule has 0 unspecified atom stereocenters. The molecule has 0 aromatic heterocycles. The summed E-state index contributed by atoms with van der Waals surface area (Å²) in [6.45, 7) is 9.17.